The molecule has 3 heterocycles. The first kappa shape index (κ1) is 16.0. The van der Waals surface area contributed by atoms with Gasteiger partial charge in [-0.2, -0.15) is 0 Å². The van der Waals surface area contributed by atoms with Crippen molar-refractivity contribution in [3.8, 4) is 0 Å². The maximum absolute atomic E-state index is 13.4. The number of hydrogen-bond acceptors (Lipinski definition) is 3. The molecule has 130 valence electrons. The van der Waals surface area contributed by atoms with E-state index in [2.05, 4.69) is 4.98 Å². The molecule has 1 aliphatic rings. The summed E-state index contributed by atoms with van der Waals surface area (Å²) in [6, 6.07) is 6.33. The molecule has 2 atom stereocenters. The topological polar surface area (TPSA) is 48.5 Å². The predicted molar refractivity (Wildman–Crippen MR) is 92.5 cm³/mol. The van der Waals surface area contributed by atoms with Gasteiger partial charge in [0.1, 0.15) is 17.2 Å². The van der Waals surface area contributed by atoms with Gasteiger partial charge in [0.2, 0.25) is 0 Å². The first-order valence-corrected chi connectivity index (χ1v) is 8.48. The van der Waals surface area contributed by atoms with Crippen LogP contribution in [0.1, 0.15) is 36.3 Å². The minimum Gasteiger partial charge on any atom is -0.378 e. The van der Waals surface area contributed by atoms with Gasteiger partial charge in [-0.1, -0.05) is 12.1 Å². The van der Waals surface area contributed by atoms with E-state index < -0.39 is 0 Å². The second-order valence-electron chi connectivity index (χ2n) is 6.63. The molecule has 2 aromatic heterocycles. The third-order valence-corrected chi connectivity index (χ3v) is 4.97. The van der Waals surface area contributed by atoms with Crippen molar-refractivity contribution in [1.29, 1.82) is 0 Å². The van der Waals surface area contributed by atoms with Crippen molar-refractivity contribution in [1.82, 2.24) is 14.0 Å². The van der Waals surface area contributed by atoms with Crippen molar-refractivity contribution in [3.05, 3.63) is 69.9 Å². The third-order valence-electron chi connectivity index (χ3n) is 4.97. The lowest BCUT2D eigenvalue weighted by atomic mass is 10.0. The van der Waals surface area contributed by atoms with Crippen LogP contribution in [0, 0.1) is 12.7 Å². The molecule has 1 aliphatic heterocycles. The molecule has 6 heteroatoms. The minimum absolute atomic E-state index is 0.0978. The highest BCUT2D eigenvalue weighted by Gasteiger charge is 2.29. The van der Waals surface area contributed by atoms with Crippen LogP contribution in [0.4, 0.5) is 4.39 Å². The Hall–Kier alpha value is -2.47. The number of ether oxygens (including phenoxy) is 1. The Morgan fingerprint density at radius 3 is 2.96 bits per heavy atom. The third kappa shape index (κ3) is 2.76. The molecule has 0 saturated carbocycles. The zero-order valence-electron chi connectivity index (χ0n) is 14.3. The standard InChI is InChI=1S/C19H20FN3O2/c1-12-10-23-17(9-21-18(23)16-6-7-25-13(16)2)19(24)22(12)11-14-4-3-5-15(20)8-14/h3-5,8-10,13,16H,6-7,11H2,1-2H3/t13-,16+/m0/s1. The summed E-state index contributed by atoms with van der Waals surface area (Å²) in [6.07, 6.45) is 4.57. The van der Waals surface area contributed by atoms with Crippen molar-refractivity contribution in [2.75, 3.05) is 6.61 Å². The van der Waals surface area contributed by atoms with E-state index >= 15 is 0 Å². The number of benzene rings is 1. The minimum atomic E-state index is -0.300. The molecular weight excluding hydrogens is 321 g/mol. The summed E-state index contributed by atoms with van der Waals surface area (Å²) in [7, 11) is 0. The first-order chi connectivity index (χ1) is 12.0. The number of imidazole rings is 1. The van der Waals surface area contributed by atoms with Crippen LogP contribution in [0.3, 0.4) is 0 Å². The van der Waals surface area contributed by atoms with Gasteiger partial charge < -0.3 is 9.30 Å². The average molecular weight is 341 g/mol. The van der Waals surface area contributed by atoms with Gasteiger partial charge >= 0.3 is 0 Å². The summed E-state index contributed by atoms with van der Waals surface area (Å²) in [4.78, 5) is 17.4. The Balaban J connectivity index is 1.79. The molecule has 0 aliphatic carbocycles. The maximum Gasteiger partial charge on any atom is 0.276 e. The average Bonchev–Trinajstić information content (AvgIpc) is 3.17. The summed E-state index contributed by atoms with van der Waals surface area (Å²) in [5.74, 6) is 0.768. The van der Waals surface area contributed by atoms with Gasteiger partial charge in [-0.15, -0.1) is 0 Å². The van der Waals surface area contributed by atoms with Crippen molar-refractivity contribution < 1.29 is 9.13 Å². The quantitative estimate of drug-likeness (QED) is 0.736. The van der Waals surface area contributed by atoms with Crippen LogP contribution in [0.15, 0.2) is 41.5 Å². The molecule has 1 fully saturated rings. The van der Waals surface area contributed by atoms with E-state index in [-0.39, 0.29) is 23.4 Å². The molecule has 0 bridgehead atoms. The Kier molecular flexibility index (Phi) is 3.92. The SMILES string of the molecule is Cc1cn2c([C@@H]3CCO[C@H]3C)ncc2c(=O)n1Cc1cccc(F)c1. The monoisotopic (exact) mass is 341 g/mol. The van der Waals surface area contributed by atoms with E-state index in [4.69, 9.17) is 4.74 Å². The zero-order valence-corrected chi connectivity index (χ0v) is 14.3. The van der Waals surface area contributed by atoms with E-state index in [0.717, 1.165) is 30.1 Å². The number of fused-ring (bicyclic) bond motifs is 1. The lowest BCUT2D eigenvalue weighted by Gasteiger charge is -2.15. The largest absolute Gasteiger partial charge is 0.378 e. The summed E-state index contributed by atoms with van der Waals surface area (Å²) >= 11 is 0. The highest BCUT2D eigenvalue weighted by Crippen LogP contribution is 2.30. The lowest BCUT2D eigenvalue weighted by Crippen LogP contribution is -2.25. The van der Waals surface area contributed by atoms with E-state index in [0.29, 0.717) is 12.1 Å². The molecule has 0 amide bonds. The number of rotatable bonds is 3. The van der Waals surface area contributed by atoms with Crippen LogP contribution in [0.2, 0.25) is 0 Å². The molecule has 0 spiro atoms. The Morgan fingerprint density at radius 1 is 1.40 bits per heavy atom. The van der Waals surface area contributed by atoms with Gasteiger partial charge in [0.05, 0.1) is 18.8 Å². The summed E-state index contributed by atoms with van der Waals surface area (Å²) < 4.78 is 22.6. The van der Waals surface area contributed by atoms with Crippen molar-refractivity contribution in [2.45, 2.75) is 38.8 Å². The molecule has 1 saturated heterocycles. The molecule has 3 aromatic rings. The van der Waals surface area contributed by atoms with Crippen LogP contribution in [0.5, 0.6) is 0 Å². The molecular formula is C19H20FN3O2. The number of halogens is 1. The molecule has 1 aromatic carbocycles. The number of hydrogen-bond donors (Lipinski definition) is 0. The van der Waals surface area contributed by atoms with Crippen LogP contribution in [0.25, 0.3) is 5.52 Å². The molecule has 0 N–H and O–H groups in total. The fourth-order valence-electron chi connectivity index (χ4n) is 3.58. The number of nitrogens with zero attached hydrogens (tertiary/aromatic N) is 3. The first-order valence-electron chi connectivity index (χ1n) is 8.48. The Bertz CT molecular complexity index is 992. The van der Waals surface area contributed by atoms with Gasteiger partial charge in [0.15, 0.2) is 0 Å². The smallest absolute Gasteiger partial charge is 0.276 e. The highest BCUT2D eigenvalue weighted by atomic mass is 19.1. The normalized spacial score (nSPS) is 20.4. The Morgan fingerprint density at radius 2 is 2.24 bits per heavy atom. The van der Waals surface area contributed by atoms with Crippen molar-refractivity contribution in [2.24, 2.45) is 0 Å². The van der Waals surface area contributed by atoms with Crippen LogP contribution < -0.4 is 5.56 Å². The molecule has 0 unspecified atom stereocenters. The van der Waals surface area contributed by atoms with Crippen LogP contribution in [-0.4, -0.2) is 26.7 Å². The Labute approximate surface area is 144 Å². The second kappa shape index (κ2) is 6.11. The summed E-state index contributed by atoms with van der Waals surface area (Å²) in [5, 5.41) is 0. The van der Waals surface area contributed by atoms with Crippen LogP contribution in [-0.2, 0) is 11.3 Å². The maximum atomic E-state index is 13.4. The van der Waals surface area contributed by atoms with Gasteiger partial charge in [0.25, 0.3) is 5.56 Å². The van der Waals surface area contributed by atoms with Gasteiger partial charge in [-0.3, -0.25) is 9.20 Å². The highest BCUT2D eigenvalue weighted by molar-refractivity contribution is 5.45. The van der Waals surface area contributed by atoms with E-state index in [1.165, 1.54) is 12.1 Å². The van der Waals surface area contributed by atoms with Gasteiger partial charge in [0, 0.05) is 24.4 Å². The number of aromatic nitrogens is 3. The summed E-state index contributed by atoms with van der Waals surface area (Å²) in [6.45, 7) is 4.98. The molecule has 4 rings (SSSR count). The molecule has 25 heavy (non-hydrogen) atoms. The number of aryl methyl sites for hydroxylation is 1. The van der Waals surface area contributed by atoms with Crippen molar-refractivity contribution >= 4 is 5.52 Å². The lowest BCUT2D eigenvalue weighted by molar-refractivity contribution is 0.117. The summed E-state index contributed by atoms with van der Waals surface area (Å²) in [5.41, 5.74) is 1.99. The van der Waals surface area contributed by atoms with E-state index in [9.17, 15) is 9.18 Å². The van der Waals surface area contributed by atoms with Gasteiger partial charge in [-0.25, -0.2) is 9.37 Å². The second-order valence-corrected chi connectivity index (χ2v) is 6.63. The van der Waals surface area contributed by atoms with Crippen LogP contribution >= 0.6 is 0 Å². The van der Waals surface area contributed by atoms with Crippen molar-refractivity contribution in [3.63, 3.8) is 0 Å². The fourth-order valence-corrected chi connectivity index (χ4v) is 3.58. The van der Waals surface area contributed by atoms with Gasteiger partial charge in [-0.05, 0) is 38.0 Å². The predicted octanol–water partition coefficient (Wildman–Crippen LogP) is 2.88. The fraction of sp³-hybridized carbons (Fsp3) is 0.368. The molecule has 0 radical (unpaired) electrons. The molecule has 5 nitrogen and oxygen atoms in total. The van der Waals surface area contributed by atoms with E-state index in [1.54, 1.807) is 16.8 Å². The zero-order chi connectivity index (χ0) is 17.6. The van der Waals surface area contributed by atoms with E-state index in [1.807, 2.05) is 30.5 Å².